The summed E-state index contributed by atoms with van der Waals surface area (Å²) in [5, 5.41) is 0. The highest BCUT2D eigenvalue weighted by molar-refractivity contribution is 7.85. The van der Waals surface area contributed by atoms with Crippen LogP contribution >= 0.6 is 0 Å². The molecule has 0 bridgehead atoms. The zero-order valence-electron chi connectivity index (χ0n) is 15.4. The molecule has 1 N–H and O–H groups in total. The van der Waals surface area contributed by atoms with Crippen molar-refractivity contribution in [3.63, 3.8) is 0 Å². The fourth-order valence-electron chi connectivity index (χ4n) is 2.20. The summed E-state index contributed by atoms with van der Waals surface area (Å²) < 4.78 is 255. The van der Waals surface area contributed by atoms with Gasteiger partial charge in [0.05, 0.1) is 4.90 Å². The van der Waals surface area contributed by atoms with Crippen molar-refractivity contribution < 1.29 is 87.6 Å². The van der Waals surface area contributed by atoms with Crippen molar-refractivity contribution in [3.8, 4) is 0 Å². The molecule has 1 aromatic carbocycles. The fraction of sp³-hybridized carbons (Fsp3) is 0.571. The third-order valence-corrected chi connectivity index (χ3v) is 5.07. The van der Waals surface area contributed by atoms with E-state index < -0.39 is 80.3 Å². The van der Waals surface area contributed by atoms with Crippen LogP contribution in [-0.2, 0) is 16.0 Å². The Morgan fingerprint density at radius 2 is 0.886 bits per heavy atom. The van der Waals surface area contributed by atoms with E-state index in [0.29, 0.717) is 0 Å². The zero-order chi connectivity index (χ0) is 28.5. The van der Waals surface area contributed by atoms with Crippen LogP contribution in [0.1, 0.15) is 5.56 Å². The first kappa shape index (κ1) is 31.0. The summed E-state index contributed by atoms with van der Waals surface area (Å²) in [5.41, 5.74) is -2.75. The van der Waals surface area contributed by atoms with E-state index in [4.69, 9.17) is 4.55 Å². The monoisotopic (exact) mass is 576 g/mol. The minimum absolute atomic E-state index is 0.00858. The van der Waals surface area contributed by atoms with E-state index in [1.807, 2.05) is 0 Å². The van der Waals surface area contributed by atoms with Crippen LogP contribution in [0.5, 0.6) is 0 Å². The molecule has 0 aliphatic carbocycles. The molecule has 0 amide bonds. The Labute approximate surface area is 181 Å². The molecule has 0 radical (unpaired) electrons. The van der Waals surface area contributed by atoms with Gasteiger partial charge in [0.2, 0.25) is 0 Å². The number of hydrogen-bond donors (Lipinski definition) is 1. The predicted molar refractivity (Wildman–Crippen MR) is 75.9 cm³/mol. The molecule has 204 valence electrons. The molecule has 0 saturated heterocycles. The molecule has 21 heteroatoms. The average molecular weight is 576 g/mol. The quantitative estimate of drug-likeness (QED) is 0.288. The van der Waals surface area contributed by atoms with Crippen molar-refractivity contribution in [2.45, 2.75) is 52.5 Å². The molecule has 35 heavy (non-hydrogen) atoms. The smallest absolute Gasteiger partial charge is 0.282 e. The van der Waals surface area contributed by atoms with E-state index in [1.165, 1.54) is 0 Å². The number of halogens is 17. The highest BCUT2D eigenvalue weighted by Gasteiger charge is 2.95. The summed E-state index contributed by atoms with van der Waals surface area (Å²) in [5.74, 6) is -57.9. The van der Waals surface area contributed by atoms with E-state index in [-0.39, 0.29) is 12.1 Å². The van der Waals surface area contributed by atoms with E-state index in [1.54, 1.807) is 0 Å². The number of benzene rings is 1. The van der Waals surface area contributed by atoms with Crippen LogP contribution in [0.3, 0.4) is 0 Å². The molecular formula is C14H5F17O3S. The number of alkyl halides is 17. The van der Waals surface area contributed by atoms with Gasteiger partial charge in [-0.2, -0.15) is 83.1 Å². The lowest BCUT2D eigenvalue weighted by atomic mass is 9.87. The molecule has 0 fully saturated rings. The maximum atomic E-state index is 14.0. The lowest BCUT2D eigenvalue weighted by Gasteiger charge is -2.42. The van der Waals surface area contributed by atoms with Gasteiger partial charge < -0.3 is 0 Å². The first-order chi connectivity index (χ1) is 15.0. The molecule has 0 aliphatic heterocycles. The third kappa shape index (κ3) is 4.16. The van der Waals surface area contributed by atoms with Crippen LogP contribution in [-0.4, -0.2) is 54.7 Å². The van der Waals surface area contributed by atoms with Gasteiger partial charge in [-0.25, -0.2) is 0 Å². The Bertz CT molecular complexity index is 1060. The van der Waals surface area contributed by atoms with Gasteiger partial charge in [0.15, 0.2) is 0 Å². The Hall–Kier alpha value is -2.06. The van der Waals surface area contributed by atoms with Gasteiger partial charge in [0, 0.05) is 5.56 Å². The normalized spacial score (nSPS) is 15.9. The fourth-order valence-corrected chi connectivity index (χ4v) is 2.72. The molecule has 3 nitrogen and oxygen atoms in total. The van der Waals surface area contributed by atoms with Gasteiger partial charge in [-0.3, -0.25) is 4.55 Å². The second-order valence-corrected chi connectivity index (χ2v) is 7.94. The van der Waals surface area contributed by atoms with E-state index in [0.717, 1.165) is 0 Å². The molecule has 1 rings (SSSR count). The molecule has 1 aromatic rings. The summed E-state index contributed by atoms with van der Waals surface area (Å²) in [6.45, 7) is 0. The van der Waals surface area contributed by atoms with Crippen LogP contribution in [0.2, 0.25) is 0 Å². The van der Waals surface area contributed by atoms with Crippen LogP contribution in [0, 0.1) is 0 Å². The maximum absolute atomic E-state index is 14.0. The topological polar surface area (TPSA) is 54.4 Å². The van der Waals surface area contributed by atoms with Gasteiger partial charge in [0.1, 0.15) is 0 Å². The van der Waals surface area contributed by atoms with Crippen molar-refractivity contribution in [3.05, 3.63) is 29.8 Å². The van der Waals surface area contributed by atoms with Gasteiger partial charge in [-0.15, -0.1) is 0 Å². The van der Waals surface area contributed by atoms with Crippen molar-refractivity contribution in [1.82, 2.24) is 0 Å². The van der Waals surface area contributed by atoms with Crippen LogP contribution in [0.25, 0.3) is 0 Å². The Morgan fingerprint density at radius 3 is 1.23 bits per heavy atom. The van der Waals surface area contributed by atoms with Gasteiger partial charge in [-0.1, -0.05) is 12.1 Å². The lowest BCUT2D eigenvalue weighted by molar-refractivity contribution is -0.462. The SMILES string of the molecule is O=S(=O)(O)c1cccc(C(F)(F)C(F)(F)C(F)(F)C(F)(F)C(F)(F)C(F)(F)C(F)(F)C(F)(F)F)c1. The minimum atomic E-state index is -8.77. The summed E-state index contributed by atoms with van der Waals surface area (Å²) >= 11 is 0. The van der Waals surface area contributed by atoms with Crippen LogP contribution < -0.4 is 0 Å². The molecular weight excluding hydrogens is 571 g/mol. The standard InChI is InChI=1S/C14H5F17O3S/c15-7(16,5-2-1-3-6(4-5)35(32,33)34)8(17,18)9(19,20)10(21,22)11(23,24)12(25,26)13(27,28)14(29,30)31/h1-4H,(H,32,33,34). The molecule has 0 aromatic heterocycles. The second kappa shape index (κ2) is 7.97. The first-order valence-corrected chi connectivity index (χ1v) is 9.19. The largest absolute Gasteiger partial charge is 0.460 e. The lowest BCUT2D eigenvalue weighted by Crippen LogP contribution is -2.74. The minimum Gasteiger partial charge on any atom is -0.282 e. The van der Waals surface area contributed by atoms with E-state index in [2.05, 4.69) is 0 Å². The molecule has 0 atom stereocenters. The third-order valence-electron chi connectivity index (χ3n) is 4.22. The maximum Gasteiger partial charge on any atom is 0.460 e. The highest BCUT2D eigenvalue weighted by Crippen LogP contribution is 2.65. The number of rotatable bonds is 8. The molecule has 0 saturated carbocycles. The first-order valence-electron chi connectivity index (χ1n) is 7.75. The van der Waals surface area contributed by atoms with Crippen molar-refractivity contribution in [2.24, 2.45) is 0 Å². The summed E-state index contributed by atoms with van der Waals surface area (Å²) in [6, 6.07) is -1.08. The Balaban J connectivity index is 3.79. The van der Waals surface area contributed by atoms with Crippen LogP contribution in [0.4, 0.5) is 74.6 Å². The van der Waals surface area contributed by atoms with Crippen molar-refractivity contribution in [1.29, 1.82) is 0 Å². The van der Waals surface area contributed by atoms with E-state index in [9.17, 15) is 83.1 Å². The molecule has 0 unspecified atom stereocenters. The Kier molecular flexibility index (Phi) is 7.05. The van der Waals surface area contributed by atoms with E-state index >= 15 is 0 Å². The predicted octanol–water partition coefficient (Wildman–Crippen LogP) is 6.40. The molecule has 0 heterocycles. The second-order valence-electron chi connectivity index (χ2n) is 6.52. The van der Waals surface area contributed by atoms with Gasteiger partial charge in [0.25, 0.3) is 10.1 Å². The summed E-state index contributed by atoms with van der Waals surface area (Å²) in [6.07, 6.45) is -7.85. The van der Waals surface area contributed by atoms with Crippen molar-refractivity contribution in [2.75, 3.05) is 0 Å². The number of hydrogen-bond acceptors (Lipinski definition) is 2. The van der Waals surface area contributed by atoms with Crippen molar-refractivity contribution >= 4 is 10.1 Å². The average Bonchev–Trinajstić information content (AvgIpc) is 2.65. The highest BCUT2D eigenvalue weighted by atomic mass is 32.2. The Morgan fingerprint density at radius 1 is 0.543 bits per heavy atom. The summed E-state index contributed by atoms with van der Waals surface area (Å²) in [7, 11) is -5.59. The van der Waals surface area contributed by atoms with Gasteiger partial charge in [-0.05, 0) is 12.1 Å². The van der Waals surface area contributed by atoms with Gasteiger partial charge >= 0.3 is 47.6 Å². The summed E-state index contributed by atoms with van der Waals surface area (Å²) in [4.78, 5) is -1.79. The molecule has 0 spiro atoms. The zero-order valence-corrected chi connectivity index (χ0v) is 16.2. The molecule has 0 aliphatic rings. The van der Waals surface area contributed by atoms with Crippen LogP contribution in [0.15, 0.2) is 29.2 Å².